The van der Waals surface area contributed by atoms with E-state index in [4.69, 9.17) is 5.73 Å². The highest BCUT2D eigenvalue weighted by atomic mass is 16.3. The predicted molar refractivity (Wildman–Crippen MR) is 73.8 cm³/mol. The summed E-state index contributed by atoms with van der Waals surface area (Å²) < 4.78 is 0. The van der Waals surface area contributed by atoms with Crippen molar-refractivity contribution in [3.63, 3.8) is 0 Å². The number of H-pyrrole nitrogens is 2. The van der Waals surface area contributed by atoms with E-state index in [0.29, 0.717) is 5.92 Å². The molecule has 0 bridgehead atoms. The van der Waals surface area contributed by atoms with Gasteiger partial charge in [0.05, 0.1) is 17.1 Å². The zero-order valence-corrected chi connectivity index (χ0v) is 10.7. The van der Waals surface area contributed by atoms with Gasteiger partial charge in [0.25, 0.3) is 0 Å². The average Bonchev–Trinajstić information content (AvgIpc) is 2.77. The maximum absolute atomic E-state index is 11.2. The number of hydrogen-bond donors (Lipinski definition) is 4. The van der Waals surface area contributed by atoms with E-state index in [1.807, 2.05) is 18.2 Å². The molecule has 2 aromatic rings. The summed E-state index contributed by atoms with van der Waals surface area (Å²) in [6, 6.07) is 5.78. The second-order valence-corrected chi connectivity index (χ2v) is 5.48. The van der Waals surface area contributed by atoms with E-state index >= 15 is 0 Å². The molecule has 1 aliphatic carbocycles. The van der Waals surface area contributed by atoms with Gasteiger partial charge in [0, 0.05) is 6.04 Å². The Kier molecular flexibility index (Phi) is 3.16. The lowest BCUT2D eigenvalue weighted by Gasteiger charge is -2.30. The zero-order chi connectivity index (χ0) is 13.4. The number of hydrogen-bond acceptors (Lipinski definition) is 3. The molecule has 1 aromatic heterocycles. The monoisotopic (exact) mass is 261 g/mol. The number of fused-ring (bicyclic) bond motifs is 1. The molecule has 1 fully saturated rings. The number of nitrogens with one attached hydrogen (secondary N) is 2. The second-order valence-electron chi connectivity index (χ2n) is 5.48. The molecule has 102 valence electrons. The summed E-state index contributed by atoms with van der Waals surface area (Å²) in [5.41, 5.74) is 8.79. The first-order valence-corrected chi connectivity index (χ1v) is 6.79. The van der Waals surface area contributed by atoms with Crippen LogP contribution in [0.3, 0.4) is 0 Å². The summed E-state index contributed by atoms with van der Waals surface area (Å²) in [4.78, 5) is 16.7. The van der Waals surface area contributed by atoms with E-state index in [1.165, 1.54) is 0 Å². The number of aliphatic hydroxyl groups excluding tert-OH is 1. The third-order valence-electron chi connectivity index (χ3n) is 4.17. The van der Waals surface area contributed by atoms with Gasteiger partial charge in [-0.3, -0.25) is 0 Å². The van der Waals surface area contributed by atoms with Crippen molar-refractivity contribution in [1.82, 2.24) is 9.97 Å². The first-order chi connectivity index (χ1) is 9.13. The normalized spacial score (nSPS) is 25.6. The van der Waals surface area contributed by atoms with E-state index in [2.05, 4.69) is 9.97 Å². The Bertz CT molecular complexity index is 623. The molecule has 1 saturated carbocycles. The number of aliphatic hydroxyl groups is 1. The van der Waals surface area contributed by atoms with Crippen molar-refractivity contribution in [2.45, 2.75) is 37.8 Å². The summed E-state index contributed by atoms with van der Waals surface area (Å²) in [5.74, 6) is 0.409. The molecular weight excluding hydrogens is 242 g/mol. The first-order valence-electron chi connectivity index (χ1n) is 6.79. The fourth-order valence-corrected chi connectivity index (χ4v) is 2.99. The molecule has 1 aliphatic rings. The van der Waals surface area contributed by atoms with Gasteiger partial charge in [-0.15, -0.1) is 0 Å². The second kappa shape index (κ2) is 4.83. The van der Waals surface area contributed by atoms with Gasteiger partial charge in [-0.1, -0.05) is 6.07 Å². The van der Waals surface area contributed by atoms with E-state index in [0.717, 1.165) is 42.3 Å². The molecule has 0 spiro atoms. The minimum atomic E-state index is -0.193. The quantitative estimate of drug-likeness (QED) is 0.658. The van der Waals surface area contributed by atoms with Crippen molar-refractivity contribution in [3.8, 4) is 0 Å². The van der Waals surface area contributed by atoms with Gasteiger partial charge in [-0.2, -0.15) is 0 Å². The van der Waals surface area contributed by atoms with Gasteiger partial charge in [-0.05, 0) is 49.3 Å². The number of aromatic amines is 2. The van der Waals surface area contributed by atoms with Crippen LogP contribution in [-0.4, -0.2) is 21.2 Å². The smallest absolute Gasteiger partial charge is 0.323 e. The molecule has 19 heavy (non-hydrogen) atoms. The minimum Gasteiger partial charge on any atom is -0.393 e. The standard InChI is InChI=1S/C14H19N3O2/c15-13(8-1-4-10(18)5-2-8)9-3-6-11-12(7-9)17-14(19)16-11/h3,6-8,10,13,18H,1-2,4-5,15H2,(H2,16,17,19). The number of benzene rings is 1. The van der Waals surface area contributed by atoms with Crippen LogP contribution in [0.4, 0.5) is 0 Å². The molecule has 1 aromatic carbocycles. The molecular formula is C14H19N3O2. The number of rotatable bonds is 2. The van der Waals surface area contributed by atoms with E-state index < -0.39 is 0 Å². The molecule has 0 amide bonds. The Morgan fingerprint density at radius 3 is 2.58 bits per heavy atom. The van der Waals surface area contributed by atoms with Gasteiger partial charge in [0.2, 0.25) is 0 Å². The van der Waals surface area contributed by atoms with Crippen molar-refractivity contribution in [2.75, 3.05) is 0 Å². The highest BCUT2D eigenvalue weighted by Gasteiger charge is 2.25. The van der Waals surface area contributed by atoms with Gasteiger partial charge in [0.15, 0.2) is 0 Å². The highest BCUT2D eigenvalue weighted by molar-refractivity contribution is 5.75. The van der Waals surface area contributed by atoms with Crippen LogP contribution >= 0.6 is 0 Å². The van der Waals surface area contributed by atoms with E-state index in [9.17, 15) is 9.90 Å². The first kappa shape index (κ1) is 12.4. The molecule has 1 atom stereocenters. The number of aromatic nitrogens is 2. The molecule has 0 saturated heterocycles. The zero-order valence-electron chi connectivity index (χ0n) is 10.7. The summed E-state index contributed by atoms with van der Waals surface area (Å²) >= 11 is 0. The average molecular weight is 261 g/mol. The number of nitrogens with two attached hydrogens (primary N) is 1. The lowest BCUT2D eigenvalue weighted by molar-refractivity contribution is 0.102. The highest BCUT2D eigenvalue weighted by Crippen LogP contribution is 2.33. The lowest BCUT2D eigenvalue weighted by atomic mass is 9.80. The molecule has 0 radical (unpaired) electrons. The molecule has 0 aliphatic heterocycles. The molecule has 5 heteroatoms. The van der Waals surface area contributed by atoms with Crippen LogP contribution in [0.5, 0.6) is 0 Å². The molecule has 1 heterocycles. The Morgan fingerprint density at radius 1 is 1.16 bits per heavy atom. The van der Waals surface area contributed by atoms with Gasteiger partial charge < -0.3 is 20.8 Å². The molecule has 1 unspecified atom stereocenters. The third kappa shape index (κ3) is 2.43. The fraction of sp³-hybridized carbons (Fsp3) is 0.500. The molecule has 5 nitrogen and oxygen atoms in total. The lowest BCUT2D eigenvalue weighted by Crippen LogP contribution is -2.27. The summed E-state index contributed by atoms with van der Waals surface area (Å²) in [6.45, 7) is 0. The van der Waals surface area contributed by atoms with Crippen LogP contribution in [0.15, 0.2) is 23.0 Å². The fourth-order valence-electron chi connectivity index (χ4n) is 2.99. The van der Waals surface area contributed by atoms with Crippen LogP contribution in [-0.2, 0) is 0 Å². The summed E-state index contributed by atoms with van der Waals surface area (Å²) in [7, 11) is 0. The van der Waals surface area contributed by atoms with E-state index in [1.54, 1.807) is 0 Å². The van der Waals surface area contributed by atoms with Crippen LogP contribution < -0.4 is 11.4 Å². The van der Waals surface area contributed by atoms with Gasteiger partial charge >= 0.3 is 5.69 Å². The van der Waals surface area contributed by atoms with E-state index in [-0.39, 0.29) is 17.8 Å². The summed E-state index contributed by atoms with van der Waals surface area (Å²) in [6.07, 6.45) is 3.43. The van der Waals surface area contributed by atoms with Crippen LogP contribution in [0.25, 0.3) is 11.0 Å². The van der Waals surface area contributed by atoms with Crippen molar-refractivity contribution >= 4 is 11.0 Å². The topological polar surface area (TPSA) is 94.9 Å². The van der Waals surface area contributed by atoms with Crippen molar-refractivity contribution in [3.05, 3.63) is 34.2 Å². The van der Waals surface area contributed by atoms with Crippen molar-refractivity contribution in [2.24, 2.45) is 11.7 Å². The Morgan fingerprint density at radius 2 is 1.84 bits per heavy atom. The maximum Gasteiger partial charge on any atom is 0.323 e. The van der Waals surface area contributed by atoms with Crippen molar-refractivity contribution < 1.29 is 5.11 Å². The maximum atomic E-state index is 11.2. The van der Waals surface area contributed by atoms with Crippen LogP contribution in [0.2, 0.25) is 0 Å². The Balaban J connectivity index is 1.84. The predicted octanol–water partition coefficient (Wildman–Crippen LogP) is 1.41. The van der Waals surface area contributed by atoms with Crippen molar-refractivity contribution in [1.29, 1.82) is 0 Å². The summed E-state index contributed by atoms with van der Waals surface area (Å²) in [5, 5.41) is 9.54. The minimum absolute atomic E-state index is 0.0321. The third-order valence-corrected chi connectivity index (χ3v) is 4.17. The van der Waals surface area contributed by atoms with Gasteiger partial charge in [-0.25, -0.2) is 4.79 Å². The number of imidazole rings is 1. The Hall–Kier alpha value is -1.59. The SMILES string of the molecule is NC(c1ccc2[nH]c(=O)[nH]c2c1)C1CCC(O)CC1. The largest absolute Gasteiger partial charge is 0.393 e. The molecule has 3 rings (SSSR count). The Labute approximate surface area is 110 Å². The van der Waals surface area contributed by atoms with Gasteiger partial charge in [0.1, 0.15) is 0 Å². The van der Waals surface area contributed by atoms with Crippen LogP contribution in [0.1, 0.15) is 37.3 Å². The molecule has 5 N–H and O–H groups in total. The van der Waals surface area contributed by atoms with Crippen LogP contribution in [0, 0.1) is 5.92 Å².